The average molecular weight is 334 g/mol. The van der Waals surface area contributed by atoms with E-state index in [9.17, 15) is 24.0 Å². The first-order valence-corrected chi connectivity index (χ1v) is 6.18. The molecule has 13 heteroatoms. The van der Waals surface area contributed by atoms with Gasteiger partial charge in [0.2, 0.25) is 5.91 Å². The van der Waals surface area contributed by atoms with Crippen LogP contribution in [0.15, 0.2) is 0 Å². The summed E-state index contributed by atoms with van der Waals surface area (Å²) in [7, 11) is 0. The monoisotopic (exact) mass is 334 g/mol. The largest absolute Gasteiger partial charge is 0.480 e. The number of nitrogens with one attached hydrogen (secondary N) is 4. The third kappa shape index (κ3) is 8.84. The normalized spacial score (nSPS) is 12.4. The van der Waals surface area contributed by atoms with Crippen molar-refractivity contribution in [3.05, 3.63) is 0 Å². The summed E-state index contributed by atoms with van der Waals surface area (Å²) in [6, 6.07) is -3.78. The van der Waals surface area contributed by atoms with Crippen molar-refractivity contribution in [2.75, 3.05) is 13.2 Å². The van der Waals surface area contributed by atoms with Gasteiger partial charge in [0.25, 0.3) is 11.8 Å². The zero-order valence-electron chi connectivity index (χ0n) is 11.9. The minimum atomic E-state index is -1.47. The number of rotatable bonds is 8. The van der Waals surface area contributed by atoms with Gasteiger partial charge in [0.1, 0.15) is 18.6 Å². The highest BCUT2D eigenvalue weighted by molar-refractivity contribution is 5.93. The van der Waals surface area contributed by atoms with Crippen molar-refractivity contribution in [2.45, 2.75) is 18.5 Å². The summed E-state index contributed by atoms with van der Waals surface area (Å²) < 4.78 is 0. The van der Waals surface area contributed by atoms with Gasteiger partial charge in [-0.05, 0) is 0 Å². The van der Waals surface area contributed by atoms with Crippen LogP contribution < -0.4 is 33.0 Å². The number of carboxylic acids is 1. The van der Waals surface area contributed by atoms with Crippen LogP contribution in [0.1, 0.15) is 6.42 Å². The molecule has 0 aliphatic rings. The smallest absolute Gasteiger partial charge is 0.323 e. The lowest BCUT2D eigenvalue weighted by molar-refractivity contribution is -0.135. The van der Waals surface area contributed by atoms with Gasteiger partial charge in [0, 0.05) is 0 Å². The number of hydrogen-bond acceptors (Lipinski definition) is 7. The first kappa shape index (κ1) is 20.1. The fraction of sp³-hybridized carbons (Fsp3) is 0.500. The second kappa shape index (κ2) is 9.91. The number of hydrogen-bond donors (Lipinski definition) is 8. The van der Waals surface area contributed by atoms with E-state index in [0.717, 1.165) is 0 Å². The number of carboxylic acid groups (broad SMARTS) is 1. The maximum atomic E-state index is 11.8. The van der Waals surface area contributed by atoms with Crippen molar-refractivity contribution in [3.8, 4) is 0 Å². The van der Waals surface area contributed by atoms with E-state index in [2.05, 4.69) is 0 Å². The molecule has 0 aliphatic carbocycles. The number of urea groups is 1. The van der Waals surface area contributed by atoms with Crippen molar-refractivity contribution >= 4 is 29.7 Å². The minimum absolute atomic E-state index is 0.603. The van der Waals surface area contributed by atoms with Crippen LogP contribution in [0.5, 0.6) is 0 Å². The van der Waals surface area contributed by atoms with Crippen molar-refractivity contribution in [3.63, 3.8) is 0 Å². The van der Waals surface area contributed by atoms with Crippen molar-refractivity contribution < 1.29 is 34.2 Å². The maximum absolute atomic E-state index is 11.8. The number of aliphatic carboxylic acids is 1. The van der Waals surface area contributed by atoms with Crippen LogP contribution in [0.25, 0.3) is 0 Å². The predicted molar refractivity (Wildman–Crippen MR) is 73.1 cm³/mol. The molecule has 5 amide bonds. The third-order valence-electron chi connectivity index (χ3n) is 2.27. The first-order chi connectivity index (χ1) is 10.7. The van der Waals surface area contributed by atoms with Gasteiger partial charge in [-0.25, -0.2) is 4.79 Å². The summed E-state index contributed by atoms with van der Waals surface area (Å²) in [5, 5.41) is 21.0. The Hall–Kier alpha value is -2.93. The number of primary amides is 1. The molecule has 0 radical (unpaired) electrons. The number of carbonyl (C=O) groups excluding carboxylic acids is 4. The lowest BCUT2D eigenvalue weighted by atomic mass is 10.2. The number of aliphatic hydroxyl groups excluding tert-OH is 1. The summed E-state index contributed by atoms with van der Waals surface area (Å²) in [4.78, 5) is 55.6. The Bertz CT molecular complexity index is 482. The molecule has 130 valence electrons. The van der Waals surface area contributed by atoms with Crippen molar-refractivity contribution in [1.82, 2.24) is 21.5 Å². The second-order valence-corrected chi connectivity index (χ2v) is 4.21. The topological polar surface area (TPSA) is 226 Å². The molecular formula is C10H18N6O7. The van der Waals surface area contributed by atoms with E-state index in [1.54, 1.807) is 0 Å². The van der Waals surface area contributed by atoms with Crippen molar-refractivity contribution in [1.29, 1.82) is 0 Å². The molecule has 0 rings (SSSR count). The molecule has 0 aromatic heterocycles. The van der Waals surface area contributed by atoms with E-state index in [1.165, 1.54) is 0 Å². The van der Waals surface area contributed by atoms with Crippen LogP contribution in [0.2, 0.25) is 0 Å². The number of hydrazine groups is 1. The third-order valence-corrected chi connectivity index (χ3v) is 2.27. The Morgan fingerprint density at radius 1 is 1.04 bits per heavy atom. The van der Waals surface area contributed by atoms with Gasteiger partial charge in [-0.3, -0.25) is 30.0 Å². The predicted octanol–water partition coefficient (Wildman–Crippen LogP) is -4.92. The highest BCUT2D eigenvalue weighted by atomic mass is 16.4. The summed E-state index contributed by atoms with van der Waals surface area (Å²) >= 11 is 0. The molecule has 10 N–H and O–H groups in total. The van der Waals surface area contributed by atoms with Crippen LogP contribution >= 0.6 is 0 Å². The first-order valence-electron chi connectivity index (χ1n) is 6.18. The zero-order chi connectivity index (χ0) is 18.0. The lowest BCUT2D eigenvalue weighted by Crippen LogP contribution is -2.57. The van der Waals surface area contributed by atoms with E-state index in [0.29, 0.717) is 0 Å². The van der Waals surface area contributed by atoms with Crippen LogP contribution in [0, 0.1) is 0 Å². The average Bonchev–Trinajstić information content (AvgIpc) is 2.48. The number of carbonyl (C=O) groups is 5. The molecule has 0 fully saturated rings. The quantitative estimate of drug-likeness (QED) is 0.200. The molecule has 0 bridgehead atoms. The van der Waals surface area contributed by atoms with Crippen molar-refractivity contribution in [2.24, 2.45) is 11.5 Å². The lowest BCUT2D eigenvalue weighted by Gasteiger charge is -2.18. The van der Waals surface area contributed by atoms with Crippen LogP contribution in [0.4, 0.5) is 4.79 Å². The molecule has 0 aromatic rings. The van der Waals surface area contributed by atoms with E-state index in [-0.39, 0.29) is 0 Å². The molecule has 0 saturated carbocycles. The SMILES string of the molecule is NC(=O)CC(NC(=O)NCC(=O)O)C(=O)NNC(=O)C(N)CO. The summed E-state index contributed by atoms with van der Waals surface area (Å²) in [5.41, 5.74) is 13.9. The summed E-state index contributed by atoms with van der Waals surface area (Å²) in [6.07, 6.45) is -0.603. The highest BCUT2D eigenvalue weighted by Gasteiger charge is 2.24. The van der Waals surface area contributed by atoms with E-state index in [1.807, 2.05) is 21.5 Å². The van der Waals surface area contributed by atoms with Gasteiger partial charge in [-0.2, -0.15) is 0 Å². The molecule has 2 atom stereocenters. The number of amides is 5. The standard InChI is InChI=1S/C10H18N6O7/c11-4(3-17)8(21)15-16-9(22)5(1-6(12)18)14-10(23)13-2-7(19)20/h4-5,17H,1-3,11H2,(H2,12,18)(H,15,21)(H,16,22)(H,19,20)(H2,13,14,23). The zero-order valence-corrected chi connectivity index (χ0v) is 11.9. The minimum Gasteiger partial charge on any atom is -0.480 e. The molecule has 23 heavy (non-hydrogen) atoms. The van der Waals surface area contributed by atoms with Gasteiger partial charge in [0.15, 0.2) is 0 Å². The molecule has 13 nitrogen and oxygen atoms in total. The molecule has 0 heterocycles. The Labute approximate surface area is 129 Å². The van der Waals surface area contributed by atoms with Gasteiger partial charge >= 0.3 is 12.0 Å². The summed E-state index contributed by atoms with van der Waals surface area (Å²) in [5.74, 6) is -4.16. The Balaban J connectivity index is 4.60. The highest BCUT2D eigenvalue weighted by Crippen LogP contribution is 1.92. The van der Waals surface area contributed by atoms with Crippen LogP contribution in [0.3, 0.4) is 0 Å². The Kier molecular flexibility index (Phi) is 8.65. The molecule has 0 spiro atoms. The van der Waals surface area contributed by atoms with Crippen LogP contribution in [-0.2, 0) is 19.2 Å². The van der Waals surface area contributed by atoms with E-state index >= 15 is 0 Å². The summed E-state index contributed by atoms with van der Waals surface area (Å²) in [6.45, 7) is -1.37. The van der Waals surface area contributed by atoms with E-state index in [4.69, 9.17) is 21.7 Å². The second-order valence-electron chi connectivity index (χ2n) is 4.21. The molecular weight excluding hydrogens is 316 g/mol. The van der Waals surface area contributed by atoms with Gasteiger partial charge < -0.3 is 32.3 Å². The van der Waals surface area contributed by atoms with Gasteiger partial charge in [-0.1, -0.05) is 0 Å². The molecule has 0 saturated heterocycles. The molecule has 0 aromatic carbocycles. The molecule has 0 aliphatic heterocycles. The van der Waals surface area contributed by atoms with Gasteiger partial charge in [0.05, 0.1) is 13.0 Å². The maximum Gasteiger partial charge on any atom is 0.323 e. The number of nitrogens with two attached hydrogens (primary N) is 2. The Morgan fingerprint density at radius 2 is 1.61 bits per heavy atom. The fourth-order valence-corrected chi connectivity index (χ4v) is 1.16. The fourth-order valence-electron chi connectivity index (χ4n) is 1.16. The van der Waals surface area contributed by atoms with E-state index < -0.39 is 61.4 Å². The van der Waals surface area contributed by atoms with Crippen LogP contribution in [-0.4, -0.2) is 65.2 Å². The number of aliphatic hydroxyl groups is 1. The molecule has 2 unspecified atom stereocenters. The Morgan fingerprint density at radius 3 is 2.09 bits per heavy atom. The van der Waals surface area contributed by atoms with Gasteiger partial charge in [-0.15, -0.1) is 0 Å².